The summed E-state index contributed by atoms with van der Waals surface area (Å²) in [5.74, 6) is 0. The van der Waals surface area contributed by atoms with Crippen LogP contribution in [0.5, 0.6) is 0 Å². The van der Waals surface area contributed by atoms with Gasteiger partial charge >= 0.3 is 28.3 Å². The standard InChI is InChI=1S/C31H37B2NO5.C19H13Br2NO.C12H24B2O4/c1-28(2)29(3,4)37-32(36-28)23-12-16-25(17-13-23)34(27-11-9-10-22(20-27)21-35)26-18-14-24(15-19-26)33-38-30(5,6)31(7,8)39-33;20-15-4-8-17(9-5-15)22(18-10-6-16(21)7-11-18)19-3-1-2-14(12-19)13-23;1-9(2)10(3,4)16-13(15-9)14-17-11(5,6)12(7,8)18-14/h9-21H,1-8H3;1-13H;1-8H3. The number of hydrogen-bond donors (Lipinski definition) is 0. The summed E-state index contributed by atoms with van der Waals surface area (Å²) in [7, 11) is -1.82. The average molecular weight is 1210 g/mol. The number of halogens is 2. The van der Waals surface area contributed by atoms with Gasteiger partial charge in [0.25, 0.3) is 0 Å². The van der Waals surface area contributed by atoms with Crippen molar-refractivity contribution in [3.05, 3.63) is 166 Å². The molecule has 0 radical (unpaired) electrons. The van der Waals surface area contributed by atoms with Gasteiger partial charge in [0.2, 0.25) is 0 Å². The number of aldehydes is 2. The number of carbonyl (C=O) groups excluding carboxylic acids is 2. The van der Waals surface area contributed by atoms with E-state index in [1.165, 1.54) is 0 Å². The molecule has 0 N–H and O–H groups in total. The number of rotatable bonds is 11. The zero-order chi connectivity index (χ0) is 58.4. The Morgan fingerprint density at radius 3 is 0.812 bits per heavy atom. The van der Waals surface area contributed by atoms with Crippen molar-refractivity contribution >= 4 is 118 Å². The fourth-order valence-corrected chi connectivity index (χ4v) is 9.60. The van der Waals surface area contributed by atoms with Crippen LogP contribution in [0.2, 0.25) is 0 Å². The molecular formula is C62H74B4Br2N2O10. The van der Waals surface area contributed by atoms with Gasteiger partial charge in [0.1, 0.15) is 12.6 Å². The molecule has 0 atom stereocenters. The van der Waals surface area contributed by atoms with Crippen LogP contribution >= 0.6 is 31.9 Å². The van der Waals surface area contributed by atoms with Gasteiger partial charge in [-0.15, -0.1) is 0 Å². The van der Waals surface area contributed by atoms with Crippen LogP contribution in [0.3, 0.4) is 0 Å². The lowest BCUT2D eigenvalue weighted by molar-refractivity contribution is 0.00578. The molecule has 18 heteroatoms. The topological polar surface area (TPSA) is 114 Å². The van der Waals surface area contributed by atoms with E-state index >= 15 is 0 Å². The Morgan fingerprint density at radius 2 is 0.562 bits per heavy atom. The summed E-state index contributed by atoms with van der Waals surface area (Å²) < 4.78 is 50.9. The number of nitrogens with zero attached hydrogens (tertiary/aromatic N) is 2. The van der Waals surface area contributed by atoms with Crippen LogP contribution in [0.4, 0.5) is 34.1 Å². The van der Waals surface area contributed by atoms with E-state index < -0.39 is 50.7 Å². The highest BCUT2D eigenvalue weighted by Crippen LogP contribution is 2.44. The summed E-state index contributed by atoms with van der Waals surface area (Å²) in [4.78, 5) is 26.9. The highest BCUT2D eigenvalue weighted by atomic mass is 79.9. The Hall–Kier alpha value is -4.84. The highest BCUT2D eigenvalue weighted by Gasteiger charge is 2.64. The largest absolute Gasteiger partial charge is 0.494 e. The van der Waals surface area contributed by atoms with Crippen LogP contribution in [-0.2, 0) is 37.2 Å². The molecule has 4 heterocycles. The molecular weight excluding hydrogens is 1140 g/mol. The summed E-state index contributed by atoms with van der Waals surface area (Å²) in [5, 5.41) is 0. The molecule has 418 valence electrons. The third-order valence-electron chi connectivity index (χ3n) is 16.8. The van der Waals surface area contributed by atoms with Crippen molar-refractivity contribution in [3.63, 3.8) is 0 Å². The zero-order valence-electron chi connectivity index (χ0n) is 49.1. The van der Waals surface area contributed by atoms with Gasteiger partial charge in [0, 0.05) is 54.2 Å². The SMILES string of the molecule is CC1(C)OB(B2OC(C)(C)C(C)(C)O2)OC1(C)C.CC1(C)OB(c2ccc(N(c3ccc(B4OC(C)(C)C(C)(C)O4)cc3)c3cccc(C=O)c3)cc2)OC1(C)C.O=Cc1cccc(N(c2ccc(Br)cc2)c2ccc(Br)cc2)c1. The fraction of sp³-hybridized carbons (Fsp3) is 0.387. The summed E-state index contributed by atoms with van der Waals surface area (Å²) >= 11 is 6.94. The van der Waals surface area contributed by atoms with Gasteiger partial charge in [0.15, 0.2) is 0 Å². The second kappa shape index (κ2) is 23.1. The monoisotopic (exact) mass is 1210 g/mol. The Bertz CT molecular complexity index is 2920. The molecule has 12 nitrogen and oxygen atoms in total. The predicted octanol–water partition coefficient (Wildman–Crippen LogP) is 14.3. The quantitative estimate of drug-likeness (QED) is 0.0909. The molecule has 0 aromatic heterocycles. The van der Waals surface area contributed by atoms with Crippen LogP contribution in [0.15, 0.2) is 155 Å². The first-order valence-electron chi connectivity index (χ1n) is 27.1. The lowest BCUT2D eigenvalue weighted by Crippen LogP contribution is -2.41. The van der Waals surface area contributed by atoms with Crippen molar-refractivity contribution < 1.29 is 46.8 Å². The molecule has 0 aliphatic carbocycles. The maximum absolute atomic E-state index is 11.6. The molecule has 10 rings (SSSR count). The Kier molecular flexibility index (Phi) is 17.7. The van der Waals surface area contributed by atoms with Crippen LogP contribution in [-0.4, -0.2) is 85.6 Å². The Labute approximate surface area is 492 Å². The first-order chi connectivity index (χ1) is 37.3. The zero-order valence-corrected chi connectivity index (χ0v) is 52.2. The summed E-state index contributed by atoms with van der Waals surface area (Å²) in [6.45, 7) is 32.6. The molecule has 80 heavy (non-hydrogen) atoms. The second-order valence-corrected chi connectivity index (χ2v) is 26.5. The minimum atomic E-state index is -0.476. The van der Waals surface area contributed by atoms with Gasteiger partial charge in [-0.1, -0.05) is 80.4 Å². The van der Waals surface area contributed by atoms with Gasteiger partial charge in [-0.3, -0.25) is 9.59 Å². The van der Waals surface area contributed by atoms with E-state index in [1.807, 2.05) is 165 Å². The average Bonchev–Trinajstić information content (AvgIpc) is 4.03. The molecule has 4 saturated heterocycles. The number of hydrogen-bond acceptors (Lipinski definition) is 12. The third-order valence-corrected chi connectivity index (χ3v) is 17.9. The Morgan fingerprint density at radius 1 is 0.325 bits per heavy atom. The molecule has 4 aliphatic rings. The number of anilines is 6. The van der Waals surface area contributed by atoms with Crippen LogP contribution in [0, 0.1) is 0 Å². The first kappa shape index (κ1) is 61.2. The molecule has 0 bridgehead atoms. The number of benzene rings is 6. The smallest absolute Gasteiger partial charge is 0.405 e. The predicted molar refractivity (Wildman–Crippen MR) is 332 cm³/mol. The fourth-order valence-electron chi connectivity index (χ4n) is 9.07. The van der Waals surface area contributed by atoms with Gasteiger partial charge in [-0.2, -0.15) is 0 Å². The van der Waals surface area contributed by atoms with Crippen molar-refractivity contribution in [1.82, 2.24) is 0 Å². The maximum atomic E-state index is 11.6. The Balaban J connectivity index is 0.000000173. The summed E-state index contributed by atoms with van der Waals surface area (Å²) in [6.07, 6.45) is 1.73. The molecule has 0 saturated carbocycles. The minimum absolute atomic E-state index is 0.360. The third kappa shape index (κ3) is 13.0. The van der Waals surface area contributed by atoms with E-state index in [9.17, 15) is 9.59 Å². The molecule has 0 spiro atoms. The van der Waals surface area contributed by atoms with Gasteiger partial charge in [0.05, 0.1) is 44.8 Å². The lowest BCUT2D eigenvalue weighted by Gasteiger charge is -2.32. The van der Waals surface area contributed by atoms with Crippen LogP contribution in [0.1, 0.15) is 131 Å². The van der Waals surface area contributed by atoms with Gasteiger partial charge in [-0.25, -0.2) is 0 Å². The van der Waals surface area contributed by atoms with Gasteiger partial charge in [-0.05, 0) is 219 Å². The van der Waals surface area contributed by atoms with Crippen molar-refractivity contribution in [3.8, 4) is 0 Å². The highest BCUT2D eigenvalue weighted by molar-refractivity contribution is 9.10. The van der Waals surface area contributed by atoms with E-state index in [0.29, 0.717) is 11.1 Å². The van der Waals surface area contributed by atoms with Crippen LogP contribution < -0.4 is 20.7 Å². The van der Waals surface area contributed by atoms with Crippen LogP contribution in [0.25, 0.3) is 0 Å². The second-order valence-electron chi connectivity index (χ2n) is 24.7. The maximum Gasteiger partial charge on any atom is 0.494 e. The van der Waals surface area contributed by atoms with Crippen molar-refractivity contribution in [1.29, 1.82) is 0 Å². The molecule has 0 unspecified atom stereocenters. The van der Waals surface area contributed by atoms with Crippen molar-refractivity contribution in [2.75, 3.05) is 9.80 Å². The molecule has 0 amide bonds. The molecule has 4 fully saturated rings. The summed E-state index contributed by atoms with van der Waals surface area (Å²) in [6, 6.07) is 47.7. The van der Waals surface area contributed by atoms with Crippen molar-refractivity contribution in [2.24, 2.45) is 0 Å². The van der Waals surface area contributed by atoms with E-state index in [1.54, 1.807) is 12.1 Å². The van der Waals surface area contributed by atoms with Gasteiger partial charge < -0.3 is 47.0 Å². The molecule has 6 aromatic rings. The van der Waals surface area contributed by atoms with Crippen molar-refractivity contribution in [2.45, 2.75) is 156 Å². The molecule has 6 aromatic carbocycles. The van der Waals surface area contributed by atoms with E-state index in [-0.39, 0.29) is 22.4 Å². The molecule has 4 aliphatic heterocycles. The van der Waals surface area contributed by atoms with E-state index in [0.717, 1.165) is 66.6 Å². The summed E-state index contributed by atoms with van der Waals surface area (Å²) in [5.41, 5.74) is 5.88. The number of carbonyl (C=O) groups is 2. The lowest BCUT2D eigenvalue weighted by atomic mass is 9.49. The van der Waals surface area contributed by atoms with E-state index in [4.69, 9.17) is 37.2 Å². The normalized spacial score (nSPS) is 20.3. The first-order valence-corrected chi connectivity index (χ1v) is 28.7. The minimum Gasteiger partial charge on any atom is -0.405 e. The van der Waals surface area contributed by atoms with E-state index in [2.05, 4.69) is 121 Å².